The van der Waals surface area contributed by atoms with Crippen molar-refractivity contribution >= 4 is 6.09 Å². The first kappa shape index (κ1) is 17.8. The van der Waals surface area contributed by atoms with E-state index in [2.05, 4.69) is 4.90 Å². The number of hydrogen-bond acceptors (Lipinski definition) is 6. The zero-order valence-corrected chi connectivity index (χ0v) is 15.2. The molecule has 2 heterocycles. The maximum atomic E-state index is 12.2. The molecule has 1 fully saturated rings. The molecule has 2 aliphatic rings. The van der Waals surface area contributed by atoms with Gasteiger partial charge in [-0.25, -0.2) is 4.79 Å². The summed E-state index contributed by atoms with van der Waals surface area (Å²) in [4.78, 5) is 16.3. The van der Waals surface area contributed by atoms with Crippen LogP contribution in [0.5, 0.6) is 11.5 Å². The van der Waals surface area contributed by atoms with E-state index in [1.807, 2.05) is 39.0 Å². The molecule has 1 unspecified atom stereocenters. The highest BCUT2D eigenvalue weighted by molar-refractivity contribution is 5.68. The molecule has 0 spiro atoms. The van der Waals surface area contributed by atoms with Crippen molar-refractivity contribution in [2.75, 3.05) is 39.5 Å². The third-order valence-corrected chi connectivity index (χ3v) is 4.41. The number of nitrogens with zero attached hydrogens (tertiary/aromatic N) is 2. The van der Waals surface area contributed by atoms with E-state index >= 15 is 0 Å². The predicted molar refractivity (Wildman–Crippen MR) is 93.7 cm³/mol. The summed E-state index contributed by atoms with van der Waals surface area (Å²) in [6, 6.07) is 6.05. The largest absolute Gasteiger partial charge is 0.454 e. The van der Waals surface area contributed by atoms with Crippen LogP contribution < -0.4 is 15.2 Å². The Balaban J connectivity index is 1.62. The predicted octanol–water partition coefficient (Wildman–Crippen LogP) is 1.97. The van der Waals surface area contributed by atoms with E-state index in [4.69, 9.17) is 19.9 Å². The van der Waals surface area contributed by atoms with Crippen LogP contribution in [-0.4, -0.2) is 61.0 Å². The summed E-state index contributed by atoms with van der Waals surface area (Å²) in [5.41, 5.74) is 6.68. The standard InChI is InChI=1S/C18H27N3O4/c1-18(2,3)25-17(22)21-8-6-20(7-9-21)14(11-19)13-4-5-15-16(10-13)24-12-23-15/h4-5,10,14H,6-9,11-12,19H2,1-3H3. The first-order valence-corrected chi connectivity index (χ1v) is 8.69. The Morgan fingerprint density at radius 1 is 1.20 bits per heavy atom. The number of carbonyl (C=O) groups is 1. The minimum Gasteiger partial charge on any atom is -0.454 e. The van der Waals surface area contributed by atoms with Gasteiger partial charge in [0.1, 0.15) is 5.60 Å². The maximum absolute atomic E-state index is 12.2. The molecule has 0 aliphatic carbocycles. The van der Waals surface area contributed by atoms with Gasteiger partial charge in [-0.3, -0.25) is 4.90 Å². The summed E-state index contributed by atoms with van der Waals surface area (Å²) in [5.74, 6) is 1.54. The fourth-order valence-electron chi connectivity index (χ4n) is 3.16. The van der Waals surface area contributed by atoms with Crippen molar-refractivity contribution in [1.29, 1.82) is 0 Å². The van der Waals surface area contributed by atoms with Crippen LogP contribution in [0.2, 0.25) is 0 Å². The second-order valence-electron chi connectivity index (χ2n) is 7.37. The van der Waals surface area contributed by atoms with Crippen LogP contribution in [0.3, 0.4) is 0 Å². The van der Waals surface area contributed by atoms with E-state index in [-0.39, 0.29) is 18.9 Å². The van der Waals surface area contributed by atoms with E-state index in [1.54, 1.807) is 4.90 Å². The molecule has 2 N–H and O–H groups in total. The normalized spacial score (nSPS) is 19.0. The lowest BCUT2D eigenvalue weighted by Crippen LogP contribution is -2.51. The topological polar surface area (TPSA) is 77.3 Å². The summed E-state index contributed by atoms with van der Waals surface area (Å²) < 4.78 is 16.3. The van der Waals surface area contributed by atoms with E-state index in [1.165, 1.54) is 0 Å². The molecule has 138 valence electrons. The van der Waals surface area contributed by atoms with Crippen molar-refractivity contribution < 1.29 is 19.0 Å². The van der Waals surface area contributed by atoms with Crippen molar-refractivity contribution in [1.82, 2.24) is 9.80 Å². The molecule has 1 aromatic rings. The summed E-state index contributed by atoms with van der Waals surface area (Å²) in [6.07, 6.45) is -0.250. The first-order chi connectivity index (χ1) is 11.9. The molecular weight excluding hydrogens is 322 g/mol. The number of ether oxygens (including phenoxy) is 3. The lowest BCUT2D eigenvalue weighted by molar-refractivity contribution is 0.0106. The van der Waals surface area contributed by atoms with Gasteiger partial charge in [0.2, 0.25) is 6.79 Å². The molecule has 7 heteroatoms. The third-order valence-electron chi connectivity index (χ3n) is 4.41. The van der Waals surface area contributed by atoms with E-state index < -0.39 is 5.60 Å². The number of piperazine rings is 1. The zero-order chi connectivity index (χ0) is 18.0. The molecular formula is C18H27N3O4. The number of nitrogens with two attached hydrogens (primary N) is 1. The number of rotatable bonds is 3. The Morgan fingerprint density at radius 2 is 1.88 bits per heavy atom. The maximum Gasteiger partial charge on any atom is 0.410 e. The summed E-state index contributed by atoms with van der Waals surface area (Å²) in [6.45, 7) is 9.20. The fourth-order valence-corrected chi connectivity index (χ4v) is 3.16. The number of carbonyl (C=O) groups excluding carboxylic acids is 1. The van der Waals surface area contributed by atoms with Crippen molar-refractivity contribution in [2.45, 2.75) is 32.4 Å². The lowest BCUT2D eigenvalue weighted by Gasteiger charge is -2.39. The van der Waals surface area contributed by atoms with Crippen molar-refractivity contribution in [3.63, 3.8) is 0 Å². The molecule has 0 bridgehead atoms. The lowest BCUT2D eigenvalue weighted by atomic mass is 10.0. The van der Waals surface area contributed by atoms with E-state index in [0.717, 1.165) is 30.2 Å². The van der Waals surface area contributed by atoms with Gasteiger partial charge in [-0.2, -0.15) is 0 Å². The van der Waals surface area contributed by atoms with Gasteiger partial charge in [-0.15, -0.1) is 0 Å². The van der Waals surface area contributed by atoms with Crippen molar-refractivity contribution in [3.05, 3.63) is 23.8 Å². The van der Waals surface area contributed by atoms with Crippen LogP contribution in [0.1, 0.15) is 32.4 Å². The SMILES string of the molecule is CC(C)(C)OC(=O)N1CCN(C(CN)c2ccc3c(c2)OCO3)CC1. The van der Waals surface area contributed by atoms with Gasteiger partial charge in [-0.1, -0.05) is 6.07 Å². The minimum atomic E-state index is -0.472. The molecule has 1 atom stereocenters. The van der Waals surface area contributed by atoms with Crippen LogP contribution in [0.25, 0.3) is 0 Å². The quantitative estimate of drug-likeness (QED) is 0.899. The van der Waals surface area contributed by atoms with Gasteiger partial charge in [0.25, 0.3) is 0 Å². The minimum absolute atomic E-state index is 0.0929. The third kappa shape index (κ3) is 4.16. The van der Waals surface area contributed by atoms with Crippen LogP contribution >= 0.6 is 0 Å². The Kier molecular flexibility index (Phi) is 5.06. The zero-order valence-electron chi connectivity index (χ0n) is 15.2. The van der Waals surface area contributed by atoms with Gasteiger partial charge in [0.15, 0.2) is 11.5 Å². The van der Waals surface area contributed by atoms with Crippen LogP contribution in [0.4, 0.5) is 4.79 Å². The summed E-state index contributed by atoms with van der Waals surface area (Å²) >= 11 is 0. The van der Waals surface area contributed by atoms with Crippen molar-refractivity contribution in [2.24, 2.45) is 5.73 Å². The van der Waals surface area contributed by atoms with Gasteiger partial charge in [-0.05, 0) is 38.5 Å². The molecule has 1 saturated heterocycles. The van der Waals surface area contributed by atoms with Gasteiger partial charge in [0.05, 0.1) is 0 Å². The van der Waals surface area contributed by atoms with Gasteiger partial charge in [0, 0.05) is 38.8 Å². The molecule has 2 aliphatic heterocycles. The Morgan fingerprint density at radius 3 is 2.52 bits per heavy atom. The number of amides is 1. The highest BCUT2D eigenvalue weighted by Crippen LogP contribution is 2.35. The smallest absolute Gasteiger partial charge is 0.410 e. The molecule has 3 rings (SSSR count). The molecule has 1 amide bonds. The highest BCUT2D eigenvalue weighted by Gasteiger charge is 2.29. The Bertz CT molecular complexity index is 621. The fraction of sp³-hybridized carbons (Fsp3) is 0.611. The second kappa shape index (κ2) is 7.09. The molecule has 0 aromatic heterocycles. The number of fused-ring (bicyclic) bond motifs is 1. The average Bonchev–Trinajstić information content (AvgIpc) is 3.02. The first-order valence-electron chi connectivity index (χ1n) is 8.69. The van der Waals surface area contributed by atoms with Crippen LogP contribution in [0, 0.1) is 0 Å². The van der Waals surface area contributed by atoms with Gasteiger partial charge >= 0.3 is 6.09 Å². The number of hydrogen-bond donors (Lipinski definition) is 1. The monoisotopic (exact) mass is 349 g/mol. The molecule has 25 heavy (non-hydrogen) atoms. The second-order valence-corrected chi connectivity index (χ2v) is 7.37. The number of benzene rings is 1. The highest BCUT2D eigenvalue weighted by atomic mass is 16.7. The Labute approximate surface area is 148 Å². The van der Waals surface area contributed by atoms with Crippen LogP contribution in [-0.2, 0) is 4.74 Å². The van der Waals surface area contributed by atoms with E-state index in [0.29, 0.717) is 19.6 Å². The average molecular weight is 349 g/mol. The molecule has 0 radical (unpaired) electrons. The molecule has 7 nitrogen and oxygen atoms in total. The molecule has 1 aromatic carbocycles. The van der Waals surface area contributed by atoms with Crippen molar-refractivity contribution in [3.8, 4) is 11.5 Å². The van der Waals surface area contributed by atoms with E-state index in [9.17, 15) is 4.79 Å². The molecule has 0 saturated carbocycles. The summed E-state index contributed by atoms with van der Waals surface area (Å²) in [7, 11) is 0. The van der Waals surface area contributed by atoms with Crippen LogP contribution in [0.15, 0.2) is 18.2 Å². The Hall–Kier alpha value is -1.99. The van der Waals surface area contributed by atoms with Gasteiger partial charge < -0.3 is 24.8 Å². The summed E-state index contributed by atoms with van der Waals surface area (Å²) in [5, 5.41) is 0.